The van der Waals surface area contributed by atoms with Crippen LogP contribution in [0.3, 0.4) is 0 Å². The first-order valence-electron chi connectivity index (χ1n) is 5.74. The molecule has 4 N–H and O–H groups in total. The van der Waals surface area contributed by atoms with Crippen molar-refractivity contribution in [3.8, 4) is 11.5 Å². The number of phenolic OH excluding ortho intramolecular Hbond substituents is 2. The Morgan fingerprint density at radius 1 is 1.05 bits per heavy atom. The number of rotatable bonds is 3. The maximum atomic E-state index is 13.7. The fourth-order valence-electron chi connectivity index (χ4n) is 1.65. The Morgan fingerprint density at radius 2 is 1.76 bits per heavy atom. The number of aromatic hydroxyl groups is 2. The van der Waals surface area contributed by atoms with Crippen LogP contribution in [0.25, 0.3) is 0 Å². The molecule has 0 aliphatic heterocycles. The number of anilines is 1. The molecule has 108 valence electrons. The zero-order valence-corrected chi connectivity index (χ0v) is 10.5. The summed E-state index contributed by atoms with van der Waals surface area (Å²) in [5, 5.41) is 29.6. The van der Waals surface area contributed by atoms with Crippen LogP contribution in [0.4, 0.5) is 10.1 Å². The summed E-state index contributed by atoms with van der Waals surface area (Å²) in [6.07, 6.45) is 0. The van der Waals surface area contributed by atoms with Gasteiger partial charge in [0.1, 0.15) is 17.3 Å². The molecule has 6 nitrogen and oxygen atoms in total. The van der Waals surface area contributed by atoms with E-state index >= 15 is 0 Å². The van der Waals surface area contributed by atoms with Gasteiger partial charge in [0.2, 0.25) is 0 Å². The lowest BCUT2D eigenvalue weighted by Gasteiger charge is -2.08. The quantitative estimate of drug-likeness (QED) is 0.693. The molecule has 2 aromatic rings. The van der Waals surface area contributed by atoms with Crippen LogP contribution in [0.2, 0.25) is 0 Å². The van der Waals surface area contributed by atoms with Crippen molar-refractivity contribution in [1.82, 2.24) is 0 Å². The molecule has 1 amide bonds. The van der Waals surface area contributed by atoms with E-state index in [0.717, 1.165) is 24.3 Å². The summed E-state index contributed by atoms with van der Waals surface area (Å²) in [5.41, 5.74) is -0.634. The van der Waals surface area contributed by atoms with Crippen molar-refractivity contribution in [2.24, 2.45) is 0 Å². The number of carboxylic acids is 1. The molecule has 0 bridgehead atoms. The zero-order chi connectivity index (χ0) is 15.6. The first kappa shape index (κ1) is 14.3. The van der Waals surface area contributed by atoms with Crippen molar-refractivity contribution in [2.45, 2.75) is 0 Å². The highest BCUT2D eigenvalue weighted by molar-refractivity contribution is 6.06. The standard InChI is InChI=1S/C14H10FNO5/c15-10-5-7(14(20)21)1-4-11(10)16-13(19)9-3-2-8(17)6-12(9)18/h1-6,17-18H,(H,16,19)(H,20,21). The largest absolute Gasteiger partial charge is 0.508 e. The highest BCUT2D eigenvalue weighted by Crippen LogP contribution is 2.24. The predicted molar refractivity (Wildman–Crippen MR) is 71.1 cm³/mol. The molecular weight excluding hydrogens is 281 g/mol. The second-order valence-corrected chi connectivity index (χ2v) is 4.16. The highest BCUT2D eigenvalue weighted by Gasteiger charge is 2.15. The van der Waals surface area contributed by atoms with E-state index in [1.54, 1.807) is 0 Å². The monoisotopic (exact) mass is 291 g/mol. The van der Waals surface area contributed by atoms with Crippen molar-refractivity contribution >= 4 is 17.6 Å². The Labute approximate surface area is 118 Å². The maximum Gasteiger partial charge on any atom is 0.335 e. The van der Waals surface area contributed by atoms with Gasteiger partial charge in [-0.25, -0.2) is 9.18 Å². The van der Waals surface area contributed by atoms with Crippen molar-refractivity contribution < 1.29 is 29.3 Å². The molecule has 2 rings (SSSR count). The Bertz CT molecular complexity index is 729. The van der Waals surface area contributed by atoms with E-state index in [1.807, 2.05) is 0 Å². The molecule has 21 heavy (non-hydrogen) atoms. The van der Waals surface area contributed by atoms with Gasteiger partial charge in [0.15, 0.2) is 0 Å². The van der Waals surface area contributed by atoms with Crippen LogP contribution in [0, 0.1) is 5.82 Å². The van der Waals surface area contributed by atoms with Gasteiger partial charge in [-0.3, -0.25) is 4.79 Å². The zero-order valence-electron chi connectivity index (χ0n) is 10.5. The molecule has 0 atom stereocenters. The Kier molecular flexibility index (Phi) is 3.75. The van der Waals surface area contributed by atoms with Gasteiger partial charge in [-0.2, -0.15) is 0 Å². The van der Waals surface area contributed by atoms with Crippen molar-refractivity contribution in [2.75, 3.05) is 5.32 Å². The van der Waals surface area contributed by atoms with Crippen LogP contribution in [0.1, 0.15) is 20.7 Å². The molecular formula is C14H10FNO5. The lowest BCUT2D eigenvalue weighted by molar-refractivity contribution is 0.0696. The lowest BCUT2D eigenvalue weighted by Crippen LogP contribution is -2.13. The third kappa shape index (κ3) is 3.08. The summed E-state index contributed by atoms with van der Waals surface area (Å²) in [4.78, 5) is 22.6. The first-order valence-corrected chi connectivity index (χ1v) is 5.74. The van der Waals surface area contributed by atoms with Crippen LogP contribution >= 0.6 is 0 Å². The van der Waals surface area contributed by atoms with Crippen LogP contribution in [-0.4, -0.2) is 27.2 Å². The normalized spacial score (nSPS) is 10.1. The SMILES string of the molecule is O=C(O)c1ccc(NC(=O)c2ccc(O)cc2O)c(F)c1. The van der Waals surface area contributed by atoms with E-state index in [1.165, 1.54) is 12.1 Å². The summed E-state index contributed by atoms with van der Waals surface area (Å²) in [6.45, 7) is 0. The van der Waals surface area contributed by atoms with E-state index < -0.39 is 23.4 Å². The maximum absolute atomic E-state index is 13.7. The molecule has 0 radical (unpaired) electrons. The van der Waals surface area contributed by atoms with E-state index in [2.05, 4.69) is 5.32 Å². The number of aromatic carboxylic acids is 1. The number of halogens is 1. The van der Waals surface area contributed by atoms with Gasteiger partial charge in [0, 0.05) is 6.07 Å². The van der Waals surface area contributed by atoms with Gasteiger partial charge in [-0.05, 0) is 30.3 Å². The average Bonchev–Trinajstić information content (AvgIpc) is 2.40. The fraction of sp³-hybridized carbons (Fsp3) is 0. The summed E-state index contributed by atoms with van der Waals surface area (Å²) in [7, 11) is 0. The second-order valence-electron chi connectivity index (χ2n) is 4.16. The molecule has 0 saturated heterocycles. The Morgan fingerprint density at radius 3 is 2.33 bits per heavy atom. The number of carboxylic acid groups (broad SMARTS) is 1. The molecule has 0 aliphatic carbocycles. The van der Waals surface area contributed by atoms with Gasteiger partial charge in [0.25, 0.3) is 5.91 Å². The van der Waals surface area contributed by atoms with E-state index in [0.29, 0.717) is 0 Å². The first-order chi connectivity index (χ1) is 9.88. The predicted octanol–water partition coefficient (Wildman–Crippen LogP) is 2.19. The molecule has 0 fully saturated rings. The minimum atomic E-state index is -1.29. The second kappa shape index (κ2) is 5.49. The minimum Gasteiger partial charge on any atom is -0.508 e. The number of amides is 1. The van der Waals surface area contributed by atoms with Crippen LogP contribution < -0.4 is 5.32 Å². The average molecular weight is 291 g/mol. The number of hydrogen-bond donors (Lipinski definition) is 4. The highest BCUT2D eigenvalue weighted by atomic mass is 19.1. The lowest BCUT2D eigenvalue weighted by atomic mass is 10.1. The molecule has 0 heterocycles. The van der Waals surface area contributed by atoms with Crippen LogP contribution in [0.15, 0.2) is 36.4 Å². The molecule has 0 aromatic heterocycles. The number of nitrogens with one attached hydrogen (secondary N) is 1. The van der Waals surface area contributed by atoms with Gasteiger partial charge in [-0.15, -0.1) is 0 Å². The Balaban J connectivity index is 2.25. The van der Waals surface area contributed by atoms with Gasteiger partial charge < -0.3 is 20.6 Å². The number of hydrogen-bond acceptors (Lipinski definition) is 4. The van der Waals surface area contributed by atoms with Crippen LogP contribution in [-0.2, 0) is 0 Å². The summed E-state index contributed by atoms with van der Waals surface area (Å²) >= 11 is 0. The molecule has 0 aliphatic rings. The van der Waals surface area contributed by atoms with Gasteiger partial charge >= 0.3 is 5.97 Å². The van der Waals surface area contributed by atoms with Crippen molar-refractivity contribution in [3.63, 3.8) is 0 Å². The third-order valence-corrected chi connectivity index (χ3v) is 2.69. The summed E-state index contributed by atoms with van der Waals surface area (Å²) in [6, 6.07) is 6.35. The van der Waals surface area contributed by atoms with Crippen molar-refractivity contribution in [3.05, 3.63) is 53.3 Å². The molecule has 0 saturated carbocycles. The smallest absolute Gasteiger partial charge is 0.335 e. The van der Waals surface area contributed by atoms with E-state index in [-0.39, 0.29) is 22.6 Å². The molecule has 0 unspecified atom stereocenters. The number of carbonyl (C=O) groups is 2. The molecule has 0 spiro atoms. The topological polar surface area (TPSA) is 107 Å². The third-order valence-electron chi connectivity index (χ3n) is 2.69. The van der Waals surface area contributed by atoms with Crippen molar-refractivity contribution in [1.29, 1.82) is 0 Å². The molecule has 7 heteroatoms. The Hall–Kier alpha value is -3.09. The number of carbonyl (C=O) groups excluding carboxylic acids is 1. The van der Waals surface area contributed by atoms with Gasteiger partial charge in [0.05, 0.1) is 16.8 Å². The number of phenols is 2. The van der Waals surface area contributed by atoms with E-state index in [4.69, 9.17) is 10.2 Å². The molecule has 2 aromatic carbocycles. The van der Waals surface area contributed by atoms with E-state index in [9.17, 15) is 19.1 Å². The van der Waals surface area contributed by atoms with Gasteiger partial charge in [-0.1, -0.05) is 0 Å². The minimum absolute atomic E-state index is 0.158. The summed E-state index contributed by atoms with van der Waals surface area (Å²) in [5.74, 6) is -3.69. The number of benzene rings is 2. The van der Waals surface area contributed by atoms with Crippen LogP contribution in [0.5, 0.6) is 11.5 Å². The fourth-order valence-corrected chi connectivity index (χ4v) is 1.65. The summed E-state index contributed by atoms with van der Waals surface area (Å²) < 4.78 is 13.7.